The van der Waals surface area contributed by atoms with E-state index in [4.69, 9.17) is 4.74 Å². The molecular formula is C5H13NO2Si2. The maximum atomic E-state index is 10.7. The Hall–Kier alpha value is -0.396. The fraction of sp³-hybridized carbons (Fsp3) is 0.400. The van der Waals surface area contributed by atoms with Crippen molar-refractivity contribution in [1.82, 2.24) is 4.65 Å². The number of esters is 1. The lowest BCUT2D eigenvalue weighted by Gasteiger charge is -2.01. The van der Waals surface area contributed by atoms with Gasteiger partial charge in [-0.15, -0.1) is 0 Å². The van der Waals surface area contributed by atoms with Gasteiger partial charge in [-0.2, -0.15) is 0 Å². The SMILES string of the molecule is C=C(C)C(=O)OC[SiH2]N[SiH3]. The largest absolute Gasteiger partial charge is 0.465 e. The second-order valence-electron chi connectivity index (χ2n) is 2.02. The van der Waals surface area contributed by atoms with Crippen LogP contribution in [-0.2, 0) is 9.53 Å². The minimum atomic E-state index is -0.326. The van der Waals surface area contributed by atoms with Crippen molar-refractivity contribution in [3.63, 3.8) is 0 Å². The molecule has 0 aromatic heterocycles. The van der Waals surface area contributed by atoms with Gasteiger partial charge in [0.05, 0.1) is 16.6 Å². The van der Waals surface area contributed by atoms with E-state index in [1.54, 1.807) is 6.92 Å². The lowest BCUT2D eigenvalue weighted by molar-refractivity contribution is -0.137. The smallest absolute Gasteiger partial charge is 0.332 e. The van der Waals surface area contributed by atoms with Crippen LogP contribution in [0.5, 0.6) is 0 Å². The molecule has 0 fully saturated rings. The van der Waals surface area contributed by atoms with Gasteiger partial charge in [0.25, 0.3) is 0 Å². The van der Waals surface area contributed by atoms with Crippen LogP contribution in [0.2, 0.25) is 0 Å². The molecule has 5 heteroatoms. The highest BCUT2D eigenvalue weighted by molar-refractivity contribution is 6.41. The van der Waals surface area contributed by atoms with Gasteiger partial charge in [0, 0.05) is 5.57 Å². The quantitative estimate of drug-likeness (QED) is 0.233. The summed E-state index contributed by atoms with van der Waals surface area (Å²) in [5.74, 6) is -0.274. The normalized spacial score (nSPS) is 10.5. The highest BCUT2D eigenvalue weighted by Crippen LogP contribution is 1.89. The summed E-state index contributed by atoms with van der Waals surface area (Å²) in [7, 11) is 0.668. The summed E-state index contributed by atoms with van der Waals surface area (Å²) >= 11 is 0. The van der Waals surface area contributed by atoms with Crippen LogP contribution < -0.4 is 4.65 Å². The fourth-order valence-electron chi connectivity index (χ4n) is 0.369. The van der Waals surface area contributed by atoms with Crippen molar-refractivity contribution in [2.75, 3.05) is 6.23 Å². The fourth-order valence-corrected chi connectivity index (χ4v) is 1.47. The molecular weight excluding hydrogens is 162 g/mol. The van der Waals surface area contributed by atoms with E-state index in [2.05, 4.69) is 11.2 Å². The van der Waals surface area contributed by atoms with Crippen LogP contribution in [0.3, 0.4) is 0 Å². The number of hydrogen-bond donors (Lipinski definition) is 1. The van der Waals surface area contributed by atoms with Crippen LogP contribution in [0.25, 0.3) is 0 Å². The van der Waals surface area contributed by atoms with E-state index in [9.17, 15) is 4.79 Å². The summed E-state index contributed by atoms with van der Waals surface area (Å²) in [6.45, 7) is 5.11. The molecule has 0 amide bonds. The summed E-state index contributed by atoms with van der Waals surface area (Å²) in [5.41, 5.74) is 0.474. The molecule has 0 rings (SSSR count). The zero-order valence-corrected chi connectivity index (χ0v) is 9.85. The van der Waals surface area contributed by atoms with Crippen molar-refractivity contribution in [3.05, 3.63) is 12.2 Å². The highest BCUT2D eigenvalue weighted by Gasteiger charge is 2.00. The first-order valence-corrected chi connectivity index (χ1v) is 5.86. The van der Waals surface area contributed by atoms with E-state index < -0.39 is 0 Å². The number of hydrogen-bond acceptors (Lipinski definition) is 3. The van der Waals surface area contributed by atoms with Crippen LogP contribution in [-0.4, -0.2) is 32.3 Å². The molecule has 0 aromatic carbocycles. The van der Waals surface area contributed by atoms with Gasteiger partial charge in [0.1, 0.15) is 9.68 Å². The third kappa shape index (κ3) is 4.48. The lowest BCUT2D eigenvalue weighted by atomic mass is 10.4. The number of carbonyl (C=O) groups excluding carboxylic acids is 1. The van der Waals surface area contributed by atoms with Gasteiger partial charge in [-0.3, -0.25) is 0 Å². The van der Waals surface area contributed by atoms with E-state index >= 15 is 0 Å². The molecule has 3 nitrogen and oxygen atoms in total. The van der Waals surface area contributed by atoms with E-state index in [0.717, 1.165) is 10.4 Å². The average Bonchev–Trinajstić information content (AvgIpc) is 1.88. The molecule has 1 N–H and O–H groups in total. The van der Waals surface area contributed by atoms with E-state index in [0.29, 0.717) is 11.8 Å². The summed E-state index contributed by atoms with van der Waals surface area (Å²) in [6, 6.07) is 0. The van der Waals surface area contributed by atoms with E-state index in [1.807, 2.05) is 0 Å². The van der Waals surface area contributed by atoms with Crippen LogP contribution in [0.15, 0.2) is 12.2 Å². The molecule has 0 saturated heterocycles. The summed E-state index contributed by atoms with van der Waals surface area (Å²) in [4.78, 5) is 10.7. The second kappa shape index (κ2) is 5.39. The molecule has 0 bridgehead atoms. The van der Waals surface area contributed by atoms with Gasteiger partial charge in [-0.25, -0.2) is 4.79 Å². The van der Waals surface area contributed by atoms with Gasteiger partial charge < -0.3 is 9.38 Å². The number of carbonyl (C=O) groups is 1. The van der Waals surface area contributed by atoms with Gasteiger partial charge in [-0.1, -0.05) is 6.58 Å². The second-order valence-corrected chi connectivity index (χ2v) is 5.76. The number of rotatable bonds is 4. The molecule has 0 spiro atoms. The van der Waals surface area contributed by atoms with Crippen molar-refractivity contribution >= 4 is 26.1 Å². The molecule has 58 valence electrons. The zero-order valence-electron chi connectivity index (χ0n) is 6.44. The highest BCUT2D eigenvalue weighted by atomic mass is 28.3. The Kier molecular flexibility index (Phi) is 5.18. The van der Waals surface area contributed by atoms with Gasteiger partial charge in [-0.05, 0) is 6.92 Å². The average molecular weight is 175 g/mol. The molecule has 0 aliphatic heterocycles. The van der Waals surface area contributed by atoms with Crippen LogP contribution in [0, 0.1) is 0 Å². The topological polar surface area (TPSA) is 38.3 Å². The molecule has 0 atom stereocenters. The summed E-state index contributed by atoms with van der Waals surface area (Å²) < 4.78 is 7.96. The third-order valence-electron chi connectivity index (χ3n) is 0.934. The van der Waals surface area contributed by atoms with Crippen LogP contribution >= 0.6 is 0 Å². The molecule has 0 saturated carbocycles. The third-order valence-corrected chi connectivity index (χ3v) is 3.34. The van der Waals surface area contributed by atoms with Crippen molar-refractivity contribution < 1.29 is 9.53 Å². The van der Waals surface area contributed by atoms with Crippen molar-refractivity contribution in [1.29, 1.82) is 0 Å². The predicted octanol–water partition coefficient (Wildman–Crippen LogP) is -1.98. The Balaban J connectivity index is 3.31. The van der Waals surface area contributed by atoms with Crippen LogP contribution in [0.4, 0.5) is 0 Å². The molecule has 10 heavy (non-hydrogen) atoms. The Morgan fingerprint density at radius 2 is 2.50 bits per heavy atom. The first-order valence-electron chi connectivity index (χ1n) is 3.15. The van der Waals surface area contributed by atoms with Crippen LogP contribution in [0.1, 0.15) is 6.92 Å². The summed E-state index contributed by atoms with van der Waals surface area (Å²) in [5, 5.41) is 0. The van der Waals surface area contributed by atoms with Gasteiger partial charge in [0.15, 0.2) is 0 Å². The number of nitrogens with one attached hydrogen (secondary N) is 1. The molecule has 0 radical (unpaired) electrons. The molecule has 0 heterocycles. The predicted molar refractivity (Wildman–Crippen MR) is 47.4 cm³/mol. The molecule has 0 unspecified atom stereocenters. The van der Waals surface area contributed by atoms with Crippen molar-refractivity contribution in [2.45, 2.75) is 6.92 Å². The zero-order chi connectivity index (χ0) is 7.98. The lowest BCUT2D eigenvalue weighted by Crippen LogP contribution is -2.22. The van der Waals surface area contributed by atoms with Gasteiger partial charge >= 0.3 is 5.97 Å². The standard InChI is InChI=1S/C5H13NO2Si2/c1-4(2)5(7)8-3-10-6-9/h6H,1,3,10H2,2,9H3. The van der Waals surface area contributed by atoms with Crippen molar-refractivity contribution in [3.8, 4) is 0 Å². The molecule has 0 aromatic rings. The Labute approximate surface area is 66.2 Å². The minimum absolute atomic E-state index is 0.274. The molecule has 0 aliphatic carbocycles. The maximum absolute atomic E-state index is 10.7. The van der Waals surface area contributed by atoms with E-state index in [-0.39, 0.29) is 15.7 Å². The summed E-state index contributed by atoms with van der Waals surface area (Å²) in [6.07, 6.45) is 0.579. The Morgan fingerprint density at radius 1 is 1.90 bits per heavy atom. The van der Waals surface area contributed by atoms with Gasteiger partial charge in [0.2, 0.25) is 0 Å². The molecule has 0 aliphatic rings. The number of ether oxygens (including phenoxy) is 1. The van der Waals surface area contributed by atoms with Crippen molar-refractivity contribution in [2.24, 2.45) is 0 Å². The monoisotopic (exact) mass is 175 g/mol. The first-order chi connectivity index (χ1) is 4.68. The maximum Gasteiger partial charge on any atom is 0.332 e. The minimum Gasteiger partial charge on any atom is -0.465 e. The van der Waals surface area contributed by atoms with E-state index in [1.165, 1.54) is 0 Å². The Bertz CT molecular complexity index is 138. The first kappa shape index (κ1) is 9.60. The Morgan fingerprint density at radius 3 is 2.90 bits per heavy atom.